The summed E-state index contributed by atoms with van der Waals surface area (Å²) in [5, 5.41) is 3.75. The molecule has 24 heavy (non-hydrogen) atoms. The van der Waals surface area contributed by atoms with Crippen molar-refractivity contribution < 1.29 is 4.79 Å². The van der Waals surface area contributed by atoms with E-state index in [1.807, 2.05) is 32.0 Å². The smallest absolute Gasteiger partial charge is 0.261 e. The quantitative estimate of drug-likeness (QED) is 0.795. The predicted octanol–water partition coefficient (Wildman–Crippen LogP) is 3.31. The van der Waals surface area contributed by atoms with Gasteiger partial charge in [-0.15, -0.1) is 0 Å². The van der Waals surface area contributed by atoms with Gasteiger partial charge in [-0.1, -0.05) is 17.7 Å². The SMILES string of the molecule is Cc1cc(C)cc(NC(=O)Cn2cnc3cc(Cl)ccc3c2=O)c1. The summed E-state index contributed by atoms with van der Waals surface area (Å²) in [5.74, 6) is -0.280. The third-order valence-corrected chi connectivity index (χ3v) is 3.84. The van der Waals surface area contributed by atoms with E-state index >= 15 is 0 Å². The molecular formula is C18H16ClN3O2. The Bertz CT molecular complexity index is 975. The average Bonchev–Trinajstić information content (AvgIpc) is 2.49. The molecular weight excluding hydrogens is 326 g/mol. The fraction of sp³-hybridized carbons (Fsp3) is 0.167. The van der Waals surface area contributed by atoms with E-state index in [1.165, 1.54) is 10.9 Å². The van der Waals surface area contributed by atoms with Gasteiger partial charge in [0.05, 0.1) is 17.2 Å². The second-order valence-corrected chi connectivity index (χ2v) is 6.20. The van der Waals surface area contributed by atoms with Crippen LogP contribution in [0.1, 0.15) is 11.1 Å². The lowest BCUT2D eigenvalue weighted by Crippen LogP contribution is -2.27. The standard InChI is InChI=1S/C18H16ClN3O2/c1-11-5-12(2)7-14(6-11)21-17(23)9-22-10-20-16-8-13(19)3-4-15(16)18(22)24/h3-8,10H,9H2,1-2H3,(H,21,23). The molecule has 0 unspecified atom stereocenters. The van der Waals surface area contributed by atoms with E-state index in [-0.39, 0.29) is 18.0 Å². The number of fused-ring (bicyclic) bond motifs is 1. The van der Waals surface area contributed by atoms with Crippen molar-refractivity contribution in [2.45, 2.75) is 20.4 Å². The number of aryl methyl sites for hydroxylation is 2. The number of rotatable bonds is 3. The van der Waals surface area contributed by atoms with E-state index in [0.29, 0.717) is 21.6 Å². The highest BCUT2D eigenvalue weighted by Gasteiger charge is 2.09. The average molecular weight is 342 g/mol. The molecule has 0 aliphatic carbocycles. The number of halogens is 1. The Kier molecular flexibility index (Phi) is 4.36. The van der Waals surface area contributed by atoms with Crippen LogP contribution in [0.3, 0.4) is 0 Å². The van der Waals surface area contributed by atoms with Crippen LogP contribution < -0.4 is 10.9 Å². The molecule has 1 aromatic heterocycles. The second kappa shape index (κ2) is 6.45. The van der Waals surface area contributed by atoms with Crippen LogP contribution in [-0.2, 0) is 11.3 Å². The number of nitrogens with one attached hydrogen (secondary N) is 1. The molecule has 2 aromatic carbocycles. The number of nitrogens with zero attached hydrogens (tertiary/aromatic N) is 2. The van der Waals surface area contributed by atoms with Crippen molar-refractivity contribution in [1.29, 1.82) is 0 Å². The Morgan fingerprint density at radius 2 is 1.88 bits per heavy atom. The Labute approximate surface area is 143 Å². The van der Waals surface area contributed by atoms with Crippen LogP contribution in [0.4, 0.5) is 5.69 Å². The lowest BCUT2D eigenvalue weighted by atomic mass is 10.1. The zero-order valence-corrected chi connectivity index (χ0v) is 14.1. The van der Waals surface area contributed by atoms with E-state index in [9.17, 15) is 9.59 Å². The minimum atomic E-state index is -0.280. The molecule has 0 saturated carbocycles. The number of benzene rings is 2. The zero-order valence-electron chi connectivity index (χ0n) is 13.3. The molecule has 0 fully saturated rings. The maximum atomic E-state index is 12.4. The lowest BCUT2D eigenvalue weighted by Gasteiger charge is -2.09. The molecule has 0 aliphatic rings. The van der Waals surface area contributed by atoms with Gasteiger partial charge in [-0.05, 0) is 55.3 Å². The summed E-state index contributed by atoms with van der Waals surface area (Å²) >= 11 is 5.90. The number of carbonyl (C=O) groups excluding carboxylic acids is 1. The molecule has 6 heteroatoms. The van der Waals surface area contributed by atoms with Crippen molar-refractivity contribution >= 4 is 34.1 Å². The van der Waals surface area contributed by atoms with Gasteiger partial charge in [-0.2, -0.15) is 0 Å². The molecule has 0 saturated heterocycles. The van der Waals surface area contributed by atoms with Crippen LogP contribution in [-0.4, -0.2) is 15.5 Å². The van der Waals surface area contributed by atoms with Crippen molar-refractivity contribution in [1.82, 2.24) is 9.55 Å². The van der Waals surface area contributed by atoms with Gasteiger partial charge in [0.15, 0.2) is 0 Å². The normalized spacial score (nSPS) is 10.8. The van der Waals surface area contributed by atoms with Crippen LogP contribution in [0.2, 0.25) is 5.02 Å². The first-order valence-corrected chi connectivity index (χ1v) is 7.83. The van der Waals surface area contributed by atoms with E-state index in [2.05, 4.69) is 10.3 Å². The van der Waals surface area contributed by atoms with Crippen LogP contribution in [0.25, 0.3) is 10.9 Å². The first-order valence-electron chi connectivity index (χ1n) is 7.45. The van der Waals surface area contributed by atoms with E-state index in [1.54, 1.807) is 18.2 Å². The monoisotopic (exact) mass is 341 g/mol. The molecule has 0 radical (unpaired) electrons. The number of anilines is 1. The molecule has 0 bridgehead atoms. The van der Waals surface area contributed by atoms with Gasteiger partial charge < -0.3 is 5.32 Å². The summed E-state index contributed by atoms with van der Waals surface area (Å²) in [4.78, 5) is 28.9. The highest BCUT2D eigenvalue weighted by molar-refractivity contribution is 6.31. The van der Waals surface area contributed by atoms with Gasteiger partial charge in [0, 0.05) is 10.7 Å². The summed E-state index contributed by atoms with van der Waals surface area (Å²) < 4.78 is 1.29. The Morgan fingerprint density at radius 3 is 2.58 bits per heavy atom. The molecule has 1 heterocycles. The summed E-state index contributed by atoms with van der Waals surface area (Å²) in [7, 11) is 0. The van der Waals surface area contributed by atoms with Crippen LogP contribution >= 0.6 is 11.6 Å². The molecule has 0 spiro atoms. The van der Waals surface area contributed by atoms with Gasteiger partial charge in [0.25, 0.3) is 5.56 Å². The number of amides is 1. The third kappa shape index (κ3) is 3.46. The van der Waals surface area contributed by atoms with Gasteiger partial charge in [-0.3, -0.25) is 14.2 Å². The van der Waals surface area contributed by atoms with Gasteiger partial charge in [0.2, 0.25) is 5.91 Å². The summed E-state index contributed by atoms with van der Waals surface area (Å²) in [5.41, 5.74) is 3.08. The fourth-order valence-corrected chi connectivity index (χ4v) is 2.81. The summed E-state index contributed by atoms with van der Waals surface area (Å²) in [6, 6.07) is 10.7. The van der Waals surface area contributed by atoms with Gasteiger partial charge >= 0.3 is 0 Å². The Hall–Kier alpha value is -2.66. The Morgan fingerprint density at radius 1 is 1.17 bits per heavy atom. The molecule has 0 atom stereocenters. The van der Waals surface area contributed by atoms with Crippen molar-refractivity contribution in [2.75, 3.05) is 5.32 Å². The molecule has 3 rings (SSSR count). The molecule has 3 aromatic rings. The molecule has 122 valence electrons. The third-order valence-electron chi connectivity index (χ3n) is 3.61. The van der Waals surface area contributed by atoms with Crippen molar-refractivity contribution in [3.05, 3.63) is 69.2 Å². The highest BCUT2D eigenvalue weighted by Crippen LogP contribution is 2.15. The minimum absolute atomic E-state index is 0.0998. The maximum absolute atomic E-state index is 12.4. The van der Waals surface area contributed by atoms with E-state index < -0.39 is 0 Å². The first kappa shape index (κ1) is 16.2. The zero-order chi connectivity index (χ0) is 17.3. The predicted molar refractivity (Wildman–Crippen MR) is 95.6 cm³/mol. The van der Waals surface area contributed by atoms with Gasteiger partial charge in [-0.25, -0.2) is 4.98 Å². The fourth-order valence-electron chi connectivity index (χ4n) is 2.65. The lowest BCUT2D eigenvalue weighted by molar-refractivity contribution is -0.116. The minimum Gasteiger partial charge on any atom is -0.325 e. The molecule has 1 N–H and O–H groups in total. The Balaban J connectivity index is 1.84. The highest BCUT2D eigenvalue weighted by atomic mass is 35.5. The van der Waals surface area contributed by atoms with Gasteiger partial charge in [0.1, 0.15) is 6.54 Å². The first-order chi connectivity index (χ1) is 11.4. The maximum Gasteiger partial charge on any atom is 0.261 e. The van der Waals surface area contributed by atoms with E-state index in [4.69, 9.17) is 11.6 Å². The van der Waals surface area contributed by atoms with Crippen LogP contribution in [0.5, 0.6) is 0 Å². The van der Waals surface area contributed by atoms with E-state index in [0.717, 1.165) is 11.1 Å². The van der Waals surface area contributed by atoms with Crippen LogP contribution in [0.15, 0.2) is 47.5 Å². The summed E-state index contributed by atoms with van der Waals surface area (Å²) in [6.07, 6.45) is 1.36. The van der Waals surface area contributed by atoms with Crippen molar-refractivity contribution in [3.8, 4) is 0 Å². The van der Waals surface area contributed by atoms with Crippen molar-refractivity contribution in [2.24, 2.45) is 0 Å². The summed E-state index contributed by atoms with van der Waals surface area (Å²) in [6.45, 7) is 3.83. The molecule has 0 aliphatic heterocycles. The second-order valence-electron chi connectivity index (χ2n) is 5.76. The number of hydrogen-bond acceptors (Lipinski definition) is 3. The number of hydrogen-bond donors (Lipinski definition) is 1. The topological polar surface area (TPSA) is 64.0 Å². The van der Waals surface area contributed by atoms with Crippen LogP contribution in [0, 0.1) is 13.8 Å². The number of aromatic nitrogens is 2. The molecule has 1 amide bonds. The number of carbonyl (C=O) groups is 1. The molecule has 5 nitrogen and oxygen atoms in total. The van der Waals surface area contributed by atoms with Crippen molar-refractivity contribution in [3.63, 3.8) is 0 Å². The largest absolute Gasteiger partial charge is 0.325 e.